The van der Waals surface area contributed by atoms with Crippen LogP contribution in [-0.2, 0) is 9.59 Å². The molecule has 1 N–H and O–H groups in total. The molecule has 25 heavy (non-hydrogen) atoms. The summed E-state index contributed by atoms with van der Waals surface area (Å²) in [6.45, 7) is 0.943. The van der Waals surface area contributed by atoms with Gasteiger partial charge in [-0.05, 0) is 37.2 Å². The van der Waals surface area contributed by atoms with Gasteiger partial charge in [-0.2, -0.15) is 0 Å². The van der Waals surface area contributed by atoms with Crippen molar-refractivity contribution < 1.29 is 19.4 Å². The van der Waals surface area contributed by atoms with Crippen molar-refractivity contribution in [3.8, 4) is 5.88 Å². The smallest absolute Gasteiger partial charge is 0.319 e. The van der Waals surface area contributed by atoms with Crippen LogP contribution in [0, 0.1) is 5.41 Å². The van der Waals surface area contributed by atoms with Gasteiger partial charge in [0, 0.05) is 25.2 Å². The second-order valence-corrected chi connectivity index (χ2v) is 7.25. The van der Waals surface area contributed by atoms with Gasteiger partial charge in [-0.25, -0.2) is 4.98 Å². The predicted molar refractivity (Wildman–Crippen MR) is 90.3 cm³/mol. The van der Waals surface area contributed by atoms with Crippen LogP contribution in [0.25, 0.3) is 0 Å². The average molecular weight is 342 g/mol. The number of carbonyl (C=O) groups excluding carboxylic acids is 1. The van der Waals surface area contributed by atoms with Crippen molar-refractivity contribution in [2.24, 2.45) is 5.41 Å². The first-order valence-electron chi connectivity index (χ1n) is 8.89. The number of aromatic nitrogens is 1. The molecule has 1 unspecified atom stereocenters. The lowest BCUT2D eigenvalue weighted by Gasteiger charge is -2.28. The number of carbonyl (C=O) groups is 2. The number of amides is 1. The highest BCUT2D eigenvalue weighted by Gasteiger charge is 2.49. The molecule has 0 radical (unpaired) electrons. The molecule has 132 valence electrons. The lowest BCUT2D eigenvalue weighted by Crippen LogP contribution is -2.47. The molecule has 6 heteroatoms. The Morgan fingerprint density at radius 2 is 1.96 bits per heavy atom. The van der Waals surface area contributed by atoms with E-state index in [1.165, 1.54) is 18.4 Å². The van der Waals surface area contributed by atoms with Crippen LogP contribution in [0.15, 0.2) is 30.5 Å². The van der Waals surface area contributed by atoms with Crippen LogP contribution in [0.3, 0.4) is 0 Å². The zero-order valence-corrected chi connectivity index (χ0v) is 14.1. The number of nitrogens with zero attached hydrogens (tertiary/aromatic N) is 2. The Labute approximate surface area is 146 Å². The molecule has 2 heterocycles. The molecule has 1 aromatic rings. The maximum atomic E-state index is 12.8. The monoisotopic (exact) mass is 342 g/mol. The van der Waals surface area contributed by atoms with Gasteiger partial charge in [0.15, 0.2) is 5.41 Å². The van der Waals surface area contributed by atoms with Gasteiger partial charge in [0.25, 0.3) is 0 Å². The highest BCUT2D eigenvalue weighted by atomic mass is 16.5. The van der Waals surface area contributed by atoms with Gasteiger partial charge in [-0.3, -0.25) is 9.59 Å². The molecule has 0 spiro atoms. The van der Waals surface area contributed by atoms with E-state index in [0.29, 0.717) is 31.3 Å². The minimum atomic E-state index is -1.32. The van der Waals surface area contributed by atoms with Crippen LogP contribution in [-0.4, -0.2) is 46.1 Å². The fourth-order valence-corrected chi connectivity index (χ4v) is 3.69. The van der Waals surface area contributed by atoms with Crippen LogP contribution in [0.4, 0.5) is 0 Å². The van der Waals surface area contributed by atoms with E-state index in [1.807, 2.05) is 12.3 Å². The maximum Gasteiger partial charge on any atom is 0.319 e. The summed E-state index contributed by atoms with van der Waals surface area (Å²) in [5, 5.41) is 9.54. The van der Waals surface area contributed by atoms with Crippen molar-refractivity contribution in [1.82, 2.24) is 9.88 Å². The summed E-state index contributed by atoms with van der Waals surface area (Å²) in [6, 6.07) is 3.94. The number of carboxylic acid groups (broad SMARTS) is 1. The first kappa shape index (κ1) is 16.1. The Morgan fingerprint density at radius 3 is 2.56 bits per heavy atom. The Balaban J connectivity index is 1.37. The summed E-state index contributed by atoms with van der Waals surface area (Å²) < 4.78 is 5.90. The summed E-state index contributed by atoms with van der Waals surface area (Å²) in [5.41, 5.74) is -0.0632. The number of aliphatic carboxylic acids is 1. The molecule has 0 bridgehead atoms. The molecule has 1 aliphatic heterocycles. The standard InChI is InChI=1S/C19H22N2O4/c22-17(19(18(23)24)8-1-2-9-19)21-10-7-15(12-21)25-16-6-5-14(11-20-16)13-3-4-13/h1-2,5-6,11,13,15H,3-4,7-10,12H2,(H,23,24). The van der Waals surface area contributed by atoms with E-state index in [0.717, 1.165) is 0 Å². The predicted octanol–water partition coefficient (Wildman–Crippen LogP) is 2.36. The van der Waals surface area contributed by atoms with E-state index in [2.05, 4.69) is 11.1 Å². The van der Waals surface area contributed by atoms with Crippen molar-refractivity contribution in [2.75, 3.05) is 13.1 Å². The van der Waals surface area contributed by atoms with Crippen molar-refractivity contribution in [3.05, 3.63) is 36.0 Å². The number of hydrogen-bond acceptors (Lipinski definition) is 4. The van der Waals surface area contributed by atoms with Crippen molar-refractivity contribution in [2.45, 2.75) is 44.1 Å². The summed E-state index contributed by atoms with van der Waals surface area (Å²) >= 11 is 0. The maximum absolute atomic E-state index is 12.8. The quantitative estimate of drug-likeness (QED) is 0.656. The zero-order valence-electron chi connectivity index (χ0n) is 14.1. The molecule has 1 amide bonds. The normalized spacial score (nSPS) is 24.5. The lowest BCUT2D eigenvalue weighted by atomic mass is 9.84. The SMILES string of the molecule is O=C(O)C1(C(=O)N2CCC(Oc3ccc(C4CC4)cn3)C2)CC=CC1. The minimum Gasteiger partial charge on any atom is -0.480 e. The molecule has 4 rings (SSSR count). The lowest BCUT2D eigenvalue weighted by molar-refractivity contribution is -0.159. The van der Waals surface area contributed by atoms with Crippen LogP contribution in [0.2, 0.25) is 0 Å². The molecule has 3 aliphatic rings. The third kappa shape index (κ3) is 3.01. The fraction of sp³-hybridized carbons (Fsp3) is 0.526. The van der Waals surface area contributed by atoms with Crippen LogP contribution in [0.5, 0.6) is 5.88 Å². The second-order valence-electron chi connectivity index (χ2n) is 7.25. The van der Waals surface area contributed by atoms with Crippen molar-refractivity contribution in [3.63, 3.8) is 0 Å². The molecule has 2 fully saturated rings. The second kappa shape index (κ2) is 6.17. The van der Waals surface area contributed by atoms with Gasteiger partial charge in [0.1, 0.15) is 6.10 Å². The van der Waals surface area contributed by atoms with E-state index in [-0.39, 0.29) is 24.9 Å². The average Bonchev–Trinajstić information content (AvgIpc) is 3.15. The number of rotatable bonds is 5. The highest BCUT2D eigenvalue weighted by Crippen LogP contribution is 2.40. The largest absolute Gasteiger partial charge is 0.480 e. The molecule has 1 saturated carbocycles. The molecular formula is C19H22N2O4. The van der Waals surface area contributed by atoms with Crippen LogP contribution < -0.4 is 4.74 Å². The van der Waals surface area contributed by atoms with Gasteiger partial charge in [0.05, 0.1) is 6.54 Å². The van der Waals surface area contributed by atoms with E-state index in [4.69, 9.17) is 4.74 Å². The van der Waals surface area contributed by atoms with E-state index < -0.39 is 11.4 Å². The molecule has 1 atom stereocenters. The van der Waals surface area contributed by atoms with Gasteiger partial charge in [-0.1, -0.05) is 18.2 Å². The first-order chi connectivity index (χ1) is 12.1. The van der Waals surface area contributed by atoms with Crippen molar-refractivity contribution in [1.29, 1.82) is 0 Å². The Bertz CT molecular complexity index is 701. The van der Waals surface area contributed by atoms with Crippen LogP contribution in [0.1, 0.15) is 43.6 Å². The molecule has 1 saturated heterocycles. The van der Waals surface area contributed by atoms with E-state index >= 15 is 0 Å². The third-order valence-electron chi connectivity index (χ3n) is 5.45. The number of pyridine rings is 1. The Kier molecular flexibility index (Phi) is 3.98. The number of ether oxygens (including phenoxy) is 1. The topological polar surface area (TPSA) is 79.7 Å². The van der Waals surface area contributed by atoms with Crippen molar-refractivity contribution >= 4 is 11.9 Å². The molecule has 0 aromatic carbocycles. The Morgan fingerprint density at radius 1 is 1.20 bits per heavy atom. The van der Waals surface area contributed by atoms with Gasteiger partial charge >= 0.3 is 5.97 Å². The summed E-state index contributed by atoms with van der Waals surface area (Å²) in [7, 11) is 0. The molecule has 6 nitrogen and oxygen atoms in total. The summed E-state index contributed by atoms with van der Waals surface area (Å²) in [4.78, 5) is 30.4. The first-order valence-corrected chi connectivity index (χ1v) is 8.89. The third-order valence-corrected chi connectivity index (χ3v) is 5.45. The summed E-state index contributed by atoms with van der Waals surface area (Å²) in [6.07, 6.45) is 9.01. The van der Waals surface area contributed by atoms with Gasteiger partial charge in [0.2, 0.25) is 11.8 Å². The fourth-order valence-electron chi connectivity index (χ4n) is 3.69. The Hall–Kier alpha value is -2.37. The van der Waals surface area contributed by atoms with E-state index in [1.54, 1.807) is 17.1 Å². The van der Waals surface area contributed by atoms with Gasteiger partial charge in [-0.15, -0.1) is 0 Å². The molecular weight excluding hydrogens is 320 g/mol. The van der Waals surface area contributed by atoms with Crippen LogP contribution >= 0.6 is 0 Å². The van der Waals surface area contributed by atoms with E-state index in [9.17, 15) is 14.7 Å². The molecule has 1 aromatic heterocycles. The zero-order chi connectivity index (χ0) is 17.4. The number of carboxylic acids is 1. The van der Waals surface area contributed by atoms with Gasteiger partial charge < -0.3 is 14.7 Å². The summed E-state index contributed by atoms with van der Waals surface area (Å²) in [5.74, 6) is -0.107. The molecule has 2 aliphatic carbocycles. The highest BCUT2D eigenvalue weighted by molar-refractivity contribution is 6.02. The number of hydrogen-bond donors (Lipinski definition) is 1. The number of likely N-dealkylation sites (tertiary alicyclic amines) is 1. The number of allylic oxidation sites excluding steroid dienone is 2. The minimum absolute atomic E-state index is 0.136.